The van der Waals surface area contributed by atoms with E-state index in [1.807, 2.05) is 30.3 Å². The van der Waals surface area contributed by atoms with Gasteiger partial charge in [0.25, 0.3) is 0 Å². The van der Waals surface area contributed by atoms with E-state index < -0.39 is 10.0 Å². The van der Waals surface area contributed by atoms with E-state index in [4.69, 9.17) is 4.74 Å². The molecule has 0 amide bonds. The normalized spacial score (nSPS) is 14.9. The van der Waals surface area contributed by atoms with Gasteiger partial charge in [-0.2, -0.15) is 4.31 Å². The lowest BCUT2D eigenvalue weighted by Gasteiger charge is -2.15. The SMILES string of the molecule is O=S(=O)(c1ccc(NCCCOc2cccc3cccnc23)nc1)N1CCCC1. The zero-order valence-corrected chi connectivity index (χ0v) is 16.9. The van der Waals surface area contributed by atoms with Crippen LogP contribution in [-0.4, -0.2) is 48.9 Å². The number of hydrogen-bond donors (Lipinski definition) is 1. The van der Waals surface area contributed by atoms with E-state index in [2.05, 4.69) is 15.3 Å². The van der Waals surface area contributed by atoms with Gasteiger partial charge in [0.15, 0.2) is 0 Å². The number of sulfonamides is 1. The van der Waals surface area contributed by atoms with Crippen LogP contribution in [-0.2, 0) is 10.0 Å². The van der Waals surface area contributed by atoms with Crippen molar-refractivity contribution >= 4 is 26.7 Å². The lowest BCUT2D eigenvalue weighted by Crippen LogP contribution is -2.27. The van der Waals surface area contributed by atoms with Gasteiger partial charge in [-0.15, -0.1) is 0 Å². The van der Waals surface area contributed by atoms with E-state index in [9.17, 15) is 8.42 Å². The Bertz CT molecular complexity index is 1060. The summed E-state index contributed by atoms with van der Waals surface area (Å²) in [6.07, 6.45) is 5.80. The summed E-state index contributed by atoms with van der Waals surface area (Å²) in [4.78, 5) is 8.87. The van der Waals surface area contributed by atoms with Crippen molar-refractivity contribution in [2.24, 2.45) is 0 Å². The highest BCUT2D eigenvalue weighted by atomic mass is 32.2. The van der Waals surface area contributed by atoms with Gasteiger partial charge in [0, 0.05) is 37.4 Å². The van der Waals surface area contributed by atoms with Gasteiger partial charge in [-0.3, -0.25) is 4.98 Å². The van der Waals surface area contributed by atoms with Crippen molar-refractivity contribution in [3.8, 4) is 5.75 Å². The third-order valence-corrected chi connectivity index (χ3v) is 6.80. The highest BCUT2D eigenvalue weighted by molar-refractivity contribution is 7.89. The van der Waals surface area contributed by atoms with Gasteiger partial charge >= 0.3 is 0 Å². The van der Waals surface area contributed by atoms with Crippen LogP contribution < -0.4 is 10.1 Å². The molecule has 8 heteroatoms. The minimum atomic E-state index is -3.42. The molecule has 29 heavy (non-hydrogen) atoms. The molecule has 1 N–H and O–H groups in total. The molecule has 0 saturated carbocycles. The zero-order chi connectivity index (χ0) is 20.1. The molecule has 3 heterocycles. The number of para-hydroxylation sites is 1. The summed E-state index contributed by atoms with van der Waals surface area (Å²) in [6, 6.07) is 13.1. The van der Waals surface area contributed by atoms with E-state index in [0.29, 0.717) is 32.1 Å². The largest absolute Gasteiger partial charge is 0.491 e. The molecule has 2 aromatic heterocycles. The highest BCUT2D eigenvalue weighted by Gasteiger charge is 2.27. The van der Waals surface area contributed by atoms with E-state index in [0.717, 1.165) is 35.9 Å². The summed E-state index contributed by atoms with van der Waals surface area (Å²) in [6.45, 7) is 2.40. The van der Waals surface area contributed by atoms with Crippen molar-refractivity contribution < 1.29 is 13.2 Å². The number of anilines is 1. The highest BCUT2D eigenvalue weighted by Crippen LogP contribution is 2.23. The summed E-state index contributed by atoms with van der Waals surface area (Å²) in [5, 5.41) is 4.25. The van der Waals surface area contributed by atoms with Crippen molar-refractivity contribution in [2.75, 3.05) is 31.6 Å². The number of nitrogens with one attached hydrogen (secondary N) is 1. The van der Waals surface area contributed by atoms with Gasteiger partial charge in [-0.1, -0.05) is 18.2 Å². The van der Waals surface area contributed by atoms with Crippen molar-refractivity contribution in [3.63, 3.8) is 0 Å². The Morgan fingerprint density at radius 1 is 1.03 bits per heavy atom. The minimum Gasteiger partial charge on any atom is -0.491 e. The smallest absolute Gasteiger partial charge is 0.244 e. The summed E-state index contributed by atoms with van der Waals surface area (Å²) in [5.41, 5.74) is 0.861. The van der Waals surface area contributed by atoms with Crippen LogP contribution in [0.5, 0.6) is 5.75 Å². The molecule has 7 nitrogen and oxygen atoms in total. The van der Waals surface area contributed by atoms with Crippen LogP contribution in [0.25, 0.3) is 10.9 Å². The molecule has 1 saturated heterocycles. The number of aromatic nitrogens is 2. The number of pyridine rings is 2. The second kappa shape index (κ2) is 8.75. The second-order valence-electron chi connectivity index (χ2n) is 6.95. The van der Waals surface area contributed by atoms with E-state index in [1.54, 1.807) is 18.3 Å². The fourth-order valence-electron chi connectivity index (χ4n) is 3.38. The predicted octanol–water partition coefficient (Wildman–Crippen LogP) is 3.30. The maximum absolute atomic E-state index is 12.5. The first-order valence-corrected chi connectivity index (χ1v) is 11.3. The lowest BCUT2D eigenvalue weighted by molar-refractivity contribution is 0.318. The topological polar surface area (TPSA) is 84.4 Å². The van der Waals surface area contributed by atoms with E-state index in [1.165, 1.54) is 10.5 Å². The number of nitrogens with zero attached hydrogens (tertiary/aromatic N) is 3. The number of ether oxygens (including phenoxy) is 1. The predicted molar refractivity (Wildman–Crippen MR) is 113 cm³/mol. The first-order chi connectivity index (χ1) is 14.1. The van der Waals surface area contributed by atoms with Crippen molar-refractivity contribution in [1.82, 2.24) is 14.3 Å². The van der Waals surface area contributed by atoms with Crippen LogP contribution in [0, 0.1) is 0 Å². The van der Waals surface area contributed by atoms with Gasteiger partial charge in [0.2, 0.25) is 10.0 Å². The van der Waals surface area contributed by atoms with Crippen LogP contribution in [0.3, 0.4) is 0 Å². The Hall–Kier alpha value is -2.71. The molecule has 0 atom stereocenters. The molecule has 1 fully saturated rings. The number of fused-ring (bicyclic) bond motifs is 1. The quantitative estimate of drug-likeness (QED) is 0.572. The van der Waals surface area contributed by atoms with Crippen molar-refractivity contribution in [2.45, 2.75) is 24.2 Å². The van der Waals surface area contributed by atoms with Gasteiger partial charge in [0.05, 0.1) is 6.61 Å². The molecular weight excluding hydrogens is 388 g/mol. The molecule has 0 aliphatic carbocycles. The van der Waals surface area contributed by atoms with Crippen molar-refractivity contribution in [1.29, 1.82) is 0 Å². The Morgan fingerprint density at radius 2 is 1.86 bits per heavy atom. The Labute approximate surface area is 170 Å². The summed E-state index contributed by atoms with van der Waals surface area (Å²) < 4.78 is 32.4. The second-order valence-corrected chi connectivity index (χ2v) is 8.89. The summed E-state index contributed by atoms with van der Waals surface area (Å²) >= 11 is 0. The molecule has 0 bridgehead atoms. The molecular formula is C21H24N4O3S. The minimum absolute atomic E-state index is 0.247. The standard InChI is InChI=1S/C21H24N4O3S/c26-29(27,25-13-1-2-14-25)18-9-10-20(24-16-18)22-12-5-15-28-19-8-3-6-17-7-4-11-23-21(17)19/h3-4,6-11,16H,1-2,5,12-15H2,(H,22,24). The average Bonchev–Trinajstić information content (AvgIpc) is 3.30. The third-order valence-electron chi connectivity index (χ3n) is 4.92. The van der Waals surface area contributed by atoms with Gasteiger partial charge < -0.3 is 10.1 Å². The van der Waals surface area contributed by atoms with E-state index in [-0.39, 0.29) is 4.90 Å². The fourth-order valence-corrected chi connectivity index (χ4v) is 4.84. The number of rotatable bonds is 8. The summed E-state index contributed by atoms with van der Waals surface area (Å²) in [7, 11) is -3.42. The molecule has 1 aliphatic heterocycles. The molecule has 0 unspecified atom stereocenters. The molecule has 4 rings (SSSR count). The van der Waals surface area contributed by atoms with Crippen LogP contribution in [0.15, 0.2) is 59.8 Å². The molecule has 3 aromatic rings. The first kappa shape index (κ1) is 19.6. The maximum Gasteiger partial charge on any atom is 0.244 e. The van der Waals surface area contributed by atoms with Crippen LogP contribution in [0.2, 0.25) is 0 Å². The monoisotopic (exact) mass is 412 g/mol. The number of benzene rings is 1. The molecule has 1 aliphatic rings. The maximum atomic E-state index is 12.5. The van der Waals surface area contributed by atoms with Crippen molar-refractivity contribution in [3.05, 3.63) is 54.9 Å². The Balaban J connectivity index is 1.27. The average molecular weight is 413 g/mol. The molecule has 0 spiro atoms. The third kappa shape index (κ3) is 4.49. The lowest BCUT2D eigenvalue weighted by atomic mass is 10.2. The molecule has 152 valence electrons. The molecule has 1 aromatic carbocycles. The van der Waals surface area contributed by atoms with Crippen LogP contribution in [0.4, 0.5) is 5.82 Å². The number of hydrogen-bond acceptors (Lipinski definition) is 6. The fraction of sp³-hybridized carbons (Fsp3) is 0.333. The summed E-state index contributed by atoms with van der Waals surface area (Å²) in [5.74, 6) is 1.43. The Morgan fingerprint density at radius 3 is 2.66 bits per heavy atom. The van der Waals surface area contributed by atoms with Gasteiger partial charge in [-0.05, 0) is 43.5 Å². The Kier molecular flexibility index (Phi) is 5.92. The van der Waals surface area contributed by atoms with Gasteiger partial charge in [-0.25, -0.2) is 13.4 Å². The van der Waals surface area contributed by atoms with Crippen LogP contribution >= 0.6 is 0 Å². The first-order valence-electron chi connectivity index (χ1n) is 9.81. The zero-order valence-electron chi connectivity index (χ0n) is 16.1. The van der Waals surface area contributed by atoms with E-state index >= 15 is 0 Å². The molecule has 0 radical (unpaired) electrons. The van der Waals surface area contributed by atoms with Gasteiger partial charge in [0.1, 0.15) is 22.0 Å². The van der Waals surface area contributed by atoms with Crippen LogP contribution in [0.1, 0.15) is 19.3 Å².